The third-order valence-corrected chi connectivity index (χ3v) is 6.32. The maximum atomic E-state index is 11.9. The Morgan fingerprint density at radius 3 is 2.51 bits per heavy atom. The van der Waals surface area contributed by atoms with E-state index >= 15 is 0 Å². The third-order valence-electron chi connectivity index (χ3n) is 5.34. The number of nitrogens with zero attached hydrogens (tertiary/aromatic N) is 6. The molecule has 0 fully saturated rings. The molecular formula is C25H23N7O4S. The zero-order chi connectivity index (χ0) is 25.9. The van der Waals surface area contributed by atoms with E-state index in [1.54, 1.807) is 20.2 Å². The lowest BCUT2D eigenvalue weighted by atomic mass is 10.1. The first-order chi connectivity index (χ1) is 17.9. The molecule has 4 aromatic heterocycles. The molecule has 5 aromatic rings. The van der Waals surface area contributed by atoms with E-state index in [-0.39, 0.29) is 13.2 Å². The van der Waals surface area contributed by atoms with Gasteiger partial charge < -0.3 is 14.2 Å². The summed E-state index contributed by atoms with van der Waals surface area (Å²) in [4.78, 5) is 39.2. The van der Waals surface area contributed by atoms with E-state index in [9.17, 15) is 4.79 Å². The number of aryl methyl sites for hydroxylation is 3. The van der Waals surface area contributed by atoms with E-state index in [0.29, 0.717) is 23.3 Å². The van der Waals surface area contributed by atoms with Gasteiger partial charge in [-0.05, 0) is 44.0 Å². The number of thiazole rings is 1. The SMILES string of the molecule is COc1cnc2c(-c3nc4c(C)cc(OCCOC(=O)Nc5cnc(C)nc5)nc4s3)cc(C)cc2n1. The van der Waals surface area contributed by atoms with Crippen molar-refractivity contribution >= 4 is 44.5 Å². The summed E-state index contributed by atoms with van der Waals surface area (Å²) in [7, 11) is 1.57. The van der Waals surface area contributed by atoms with Crippen LogP contribution in [-0.4, -0.2) is 56.3 Å². The van der Waals surface area contributed by atoms with Gasteiger partial charge in [-0.15, -0.1) is 0 Å². The molecule has 188 valence electrons. The Morgan fingerprint density at radius 1 is 0.919 bits per heavy atom. The molecule has 0 saturated carbocycles. The van der Waals surface area contributed by atoms with Crippen LogP contribution in [0.5, 0.6) is 11.8 Å². The van der Waals surface area contributed by atoms with Gasteiger partial charge in [0.25, 0.3) is 0 Å². The first-order valence-corrected chi connectivity index (χ1v) is 12.2. The molecule has 0 spiro atoms. The van der Waals surface area contributed by atoms with Crippen molar-refractivity contribution in [3.8, 4) is 22.3 Å². The molecule has 11 nitrogen and oxygen atoms in total. The summed E-state index contributed by atoms with van der Waals surface area (Å²) < 4.78 is 16.1. The first-order valence-electron chi connectivity index (χ1n) is 11.3. The van der Waals surface area contributed by atoms with Gasteiger partial charge in [-0.2, -0.15) is 0 Å². The normalized spacial score (nSPS) is 11.0. The van der Waals surface area contributed by atoms with Gasteiger partial charge in [0, 0.05) is 11.6 Å². The van der Waals surface area contributed by atoms with Crippen LogP contribution < -0.4 is 14.8 Å². The number of nitrogens with one attached hydrogen (secondary N) is 1. The molecule has 0 saturated heterocycles. The second-order valence-corrected chi connectivity index (χ2v) is 9.15. The Balaban J connectivity index is 1.29. The molecule has 1 N–H and O–H groups in total. The number of ether oxygens (including phenoxy) is 3. The molecule has 37 heavy (non-hydrogen) atoms. The lowest BCUT2D eigenvalue weighted by Gasteiger charge is -2.08. The summed E-state index contributed by atoms with van der Waals surface area (Å²) in [6.07, 6.45) is 4.00. The van der Waals surface area contributed by atoms with Crippen LogP contribution in [0.15, 0.2) is 36.8 Å². The molecule has 0 bridgehead atoms. The molecular weight excluding hydrogens is 494 g/mol. The number of hydrogen-bond donors (Lipinski definition) is 1. The van der Waals surface area contributed by atoms with Crippen LogP contribution in [0.3, 0.4) is 0 Å². The maximum Gasteiger partial charge on any atom is 0.411 e. The molecule has 12 heteroatoms. The number of aromatic nitrogens is 6. The van der Waals surface area contributed by atoms with Crippen LogP contribution in [0.25, 0.3) is 32.0 Å². The largest absolute Gasteiger partial charge is 0.480 e. The fraction of sp³-hybridized carbons (Fsp3) is 0.240. The smallest absolute Gasteiger partial charge is 0.411 e. The minimum atomic E-state index is -0.617. The molecule has 5 rings (SSSR count). The molecule has 0 aliphatic rings. The molecule has 0 unspecified atom stereocenters. The monoisotopic (exact) mass is 517 g/mol. The van der Waals surface area contributed by atoms with Crippen molar-refractivity contribution in [2.75, 3.05) is 25.6 Å². The highest BCUT2D eigenvalue weighted by Gasteiger charge is 2.16. The Hall–Kier alpha value is -4.45. The summed E-state index contributed by atoms with van der Waals surface area (Å²) in [6.45, 7) is 5.90. The van der Waals surface area contributed by atoms with Gasteiger partial charge in [0.15, 0.2) is 0 Å². The Bertz CT molecular complexity index is 1610. The molecule has 1 amide bonds. The van der Waals surface area contributed by atoms with E-state index < -0.39 is 6.09 Å². The zero-order valence-electron chi connectivity index (χ0n) is 20.6. The Kier molecular flexibility index (Phi) is 6.73. The predicted molar refractivity (Wildman–Crippen MR) is 139 cm³/mol. The molecule has 1 aromatic carbocycles. The fourth-order valence-electron chi connectivity index (χ4n) is 3.62. The maximum absolute atomic E-state index is 11.9. The number of anilines is 1. The van der Waals surface area contributed by atoms with E-state index in [4.69, 9.17) is 19.2 Å². The van der Waals surface area contributed by atoms with Gasteiger partial charge in [0.1, 0.15) is 34.4 Å². The van der Waals surface area contributed by atoms with Crippen LogP contribution >= 0.6 is 11.3 Å². The molecule has 0 aliphatic heterocycles. The number of benzene rings is 1. The predicted octanol–water partition coefficient (Wildman–Crippen LogP) is 4.65. The number of pyridine rings is 1. The van der Waals surface area contributed by atoms with Gasteiger partial charge in [-0.1, -0.05) is 11.3 Å². The van der Waals surface area contributed by atoms with Crippen molar-refractivity contribution < 1.29 is 19.0 Å². The number of carbonyl (C=O) groups excluding carboxylic acids is 1. The van der Waals surface area contributed by atoms with Crippen molar-refractivity contribution in [2.24, 2.45) is 0 Å². The number of hydrogen-bond acceptors (Lipinski definition) is 11. The number of methoxy groups -OCH3 is 1. The Labute approximate surface area is 215 Å². The van der Waals surface area contributed by atoms with Gasteiger partial charge in [0.2, 0.25) is 11.8 Å². The van der Waals surface area contributed by atoms with Crippen molar-refractivity contribution in [2.45, 2.75) is 20.8 Å². The van der Waals surface area contributed by atoms with Gasteiger partial charge in [-0.25, -0.2) is 34.7 Å². The lowest BCUT2D eigenvalue weighted by molar-refractivity contribution is 0.136. The van der Waals surface area contributed by atoms with Crippen molar-refractivity contribution in [1.82, 2.24) is 29.9 Å². The molecule has 0 radical (unpaired) electrons. The van der Waals surface area contributed by atoms with Crippen molar-refractivity contribution in [1.29, 1.82) is 0 Å². The quantitative estimate of drug-likeness (QED) is 0.304. The molecule has 4 heterocycles. The van der Waals surface area contributed by atoms with E-state index in [0.717, 1.165) is 43.1 Å². The van der Waals surface area contributed by atoms with Gasteiger partial charge in [0.05, 0.1) is 42.4 Å². The fourth-order valence-corrected chi connectivity index (χ4v) is 4.65. The lowest BCUT2D eigenvalue weighted by Crippen LogP contribution is -2.18. The second-order valence-electron chi connectivity index (χ2n) is 8.17. The van der Waals surface area contributed by atoms with Crippen LogP contribution in [0, 0.1) is 20.8 Å². The minimum Gasteiger partial charge on any atom is -0.480 e. The summed E-state index contributed by atoms with van der Waals surface area (Å²) in [5, 5.41) is 3.35. The van der Waals surface area contributed by atoms with E-state index in [1.165, 1.54) is 23.7 Å². The van der Waals surface area contributed by atoms with Crippen LogP contribution in [0.4, 0.5) is 10.5 Å². The molecule has 0 atom stereocenters. The van der Waals surface area contributed by atoms with Crippen LogP contribution in [-0.2, 0) is 4.74 Å². The van der Waals surface area contributed by atoms with Crippen molar-refractivity contribution in [3.05, 3.63) is 53.7 Å². The summed E-state index contributed by atoms with van der Waals surface area (Å²) in [5.74, 6) is 1.50. The van der Waals surface area contributed by atoms with E-state index in [2.05, 4.69) is 30.2 Å². The van der Waals surface area contributed by atoms with E-state index in [1.807, 2.05) is 32.0 Å². The molecule has 0 aliphatic carbocycles. The topological polar surface area (TPSA) is 134 Å². The van der Waals surface area contributed by atoms with Gasteiger partial charge in [-0.3, -0.25) is 5.32 Å². The highest BCUT2D eigenvalue weighted by molar-refractivity contribution is 7.21. The average molecular weight is 518 g/mol. The van der Waals surface area contributed by atoms with Crippen LogP contribution in [0.1, 0.15) is 17.0 Å². The minimum absolute atomic E-state index is 0.0443. The highest BCUT2D eigenvalue weighted by atomic mass is 32.1. The zero-order valence-corrected chi connectivity index (χ0v) is 21.4. The standard InChI is InChI=1S/C25H23N7O4S/c1-13-7-17(22-18(8-13)30-20(34-4)12-28-22)23-32-21-14(2)9-19(31-24(21)37-23)35-5-6-36-25(33)29-16-10-26-15(3)27-11-16/h7-12H,5-6H2,1-4H3,(H,29,33). The number of carbonyl (C=O) groups is 1. The summed E-state index contributed by atoms with van der Waals surface area (Å²) >= 11 is 1.45. The summed E-state index contributed by atoms with van der Waals surface area (Å²) in [6, 6.07) is 5.82. The third kappa shape index (κ3) is 5.38. The number of fused-ring (bicyclic) bond motifs is 2. The Morgan fingerprint density at radius 2 is 1.73 bits per heavy atom. The van der Waals surface area contributed by atoms with Crippen molar-refractivity contribution in [3.63, 3.8) is 0 Å². The van der Waals surface area contributed by atoms with Gasteiger partial charge >= 0.3 is 6.09 Å². The second kappa shape index (κ2) is 10.3. The first kappa shape index (κ1) is 24.3. The number of amides is 1. The van der Waals surface area contributed by atoms with Crippen LogP contribution in [0.2, 0.25) is 0 Å². The highest BCUT2D eigenvalue weighted by Crippen LogP contribution is 2.36. The average Bonchev–Trinajstić information content (AvgIpc) is 3.32. The summed E-state index contributed by atoms with van der Waals surface area (Å²) in [5.41, 5.74) is 5.57. The number of rotatable bonds is 7.